The van der Waals surface area contributed by atoms with E-state index in [0.29, 0.717) is 32.7 Å². The lowest BCUT2D eigenvalue weighted by Gasteiger charge is -2.07. The summed E-state index contributed by atoms with van der Waals surface area (Å²) in [5.74, 6) is 0.129. The first-order valence-corrected chi connectivity index (χ1v) is 9.25. The standard InChI is InChI=1S/C17H12Br2ClN3O2/c18-12-7-11(8-13(19)16(12)24)15-9-21-17(23-22-15)25-6-5-10-3-1-2-4-14(10)20/h1-4,7-9,24H,5-6H2. The van der Waals surface area contributed by atoms with Gasteiger partial charge < -0.3 is 9.84 Å². The normalized spacial score (nSPS) is 10.7. The zero-order valence-corrected chi connectivity index (χ0v) is 16.7. The summed E-state index contributed by atoms with van der Waals surface area (Å²) in [7, 11) is 0. The summed E-state index contributed by atoms with van der Waals surface area (Å²) in [6.07, 6.45) is 2.23. The first-order chi connectivity index (χ1) is 12.0. The average molecular weight is 486 g/mol. The third kappa shape index (κ3) is 4.48. The number of ether oxygens (including phenoxy) is 1. The molecule has 5 nitrogen and oxygen atoms in total. The van der Waals surface area contributed by atoms with Gasteiger partial charge in [-0.1, -0.05) is 34.9 Å². The zero-order valence-electron chi connectivity index (χ0n) is 12.8. The summed E-state index contributed by atoms with van der Waals surface area (Å²) >= 11 is 12.7. The minimum absolute atomic E-state index is 0.129. The van der Waals surface area contributed by atoms with E-state index in [2.05, 4.69) is 47.0 Å². The van der Waals surface area contributed by atoms with Crippen molar-refractivity contribution < 1.29 is 9.84 Å². The Labute approximate surface area is 166 Å². The van der Waals surface area contributed by atoms with Crippen molar-refractivity contribution in [3.63, 3.8) is 0 Å². The van der Waals surface area contributed by atoms with Crippen LogP contribution in [0.4, 0.5) is 0 Å². The Morgan fingerprint density at radius 2 is 1.80 bits per heavy atom. The minimum Gasteiger partial charge on any atom is -0.506 e. The monoisotopic (exact) mass is 483 g/mol. The van der Waals surface area contributed by atoms with Crippen LogP contribution in [0.1, 0.15) is 5.56 Å². The van der Waals surface area contributed by atoms with Crippen LogP contribution < -0.4 is 4.74 Å². The van der Waals surface area contributed by atoms with E-state index in [1.807, 2.05) is 24.3 Å². The molecule has 8 heteroatoms. The topological polar surface area (TPSA) is 68.1 Å². The molecule has 0 saturated carbocycles. The molecule has 0 atom stereocenters. The fourth-order valence-electron chi connectivity index (χ4n) is 2.13. The van der Waals surface area contributed by atoms with Crippen LogP contribution in [0.5, 0.6) is 11.8 Å². The zero-order chi connectivity index (χ0) is 17.8. The van der Waals surface area contributed by atoms with Crippen LogP contribution in [0, 0.1) is 0 Å². The van der Waals surface area contributed by atoms with Gasteiger partial charge in [0, 0.05) is 17.0 Å². The molecule has 0 bridgehead atoms. The van der Waals surface area contributed by atoms with Crippen LogP contribution >= 0.6 is 43.5 Å². The van der Waals surface area contributed by atoms with Crippen LogP contribution in [0.15, 0.2) is 51.5 Å². The second-order valence-electron chi connectivity index (χ2n) is 5.10. The van der Waals surface area contributed by atoms with Crippen LogP contribution in [-0.4, -0.2) is 26.9 Å². The number of hydrogen-bond donors (Lipinski definition) is 1. The van der Waals surface area contributed by atoms with Crippen molar-refractivity contribution in [2.24, 2.45) is 0 Å². The number of aromatic nitrogens is 3. The van der Waals surface area contributed by atoms with Gasteiger partial charge in [0.25, 0.3) is 0 Å². The van der Waals surface area contributed by atoms with Crippen molar-refractivity contribution in [3.05, 3.63) is 62.1 Å². The quantitative estimate of drug-likeness (QED) is 0.548. The molecular formula is C17H12Br2ClN3O2. The van der Waals surface area contributed by atoms with Crippen molar-refractivity contribution in [3.8, 4) is 23.0 Å². The van der Waals surface area contributed by atoms with Gasteiger partial charge in [0.05, 0.1) is 21.7 Å². The molecule has 0 aliphatic rings. The molecule has 0 amide bonds. The molecule has 2 aromatic carbocycles. The van der Waals surface area contributed by atoms with Crippen LogP contribution in [0.2, 0.25) is 5.02 Å². The third-order valence-electron chi connectivity index (χ3n) is 3.41. The van der Waals surface area contributed by atoms with E-state index in [-0.39, 0.29) is 11.8 Å². The highest BCUT2D eigenvalue weighted by Crippen LogP contribution is 2.36. The molecule has 128 valence electrons. The first kappa shape index (κ1) is 18.1. The molecule has 1 N–H and O–H groups in total. The number of halogens is 3. The molecular weight excluding hydrogens is 473 g/mol. The maximum Gasteiger partial charge on any atom is 0.335 e. The van der Waals surface area contributed by atoms with Crippen molar-refractivity contribution in [2.45, 2.75) is 6.42 Å². The summed E-state index contributed by atoms with van der Waals surface area (Å²) in [4.78, 5) is 4.17. The number of benzene rings is 2. The Hall–Kier alpha value is -1.70. The molecule has 0 radical (unpaired) electrons. The molecule has 0 unspecified atom stereocenters. The molecule has 1 aromatic heterocycles. The van der Waals surface area contributed by atoms with Gasteiger partial charge in [0.2, 0.25) is 0 Å². The molecule has 0 saturated heterocycles. The van der Waals surface area contributed by atoms with Crippen molar-refractivity contribution in [1.82, 2.24) is 15.2 Å². The van der Waals surface area contributed by atoms with Crippen molar-refractivity contribution in [1.29, 1.82) is 0 Å². The predicted molar refractivity (Wildman–Crippen MR) is 103 cm³/mol. The van der Waals surface area contributed by atoms with Gasteiger partial charge in [-0.3, -0.25) is 0 Å². The maximum atomic E-state index is 9.76. The Bertz CT molecular complexity index is 868. The van der Waals surface area contributed by atoms with Gasteiger partial charge in [0.15, 0.2) is 0 Å². The van der Waals surface area contributed by atoms with E-state index in [9.17, 15) is 5.11 Å². The van der Waals surface area contributed by atoms with E-state index in [4.69, 9.17) is 16.3 Å². The van der Waals surface area contributed by atoms with E-state index in [0.717, 1.165) is 11.1 Å². The molecule has 0 aliphatic carbocycles. The molecule has 25 heavy (non-hydrogen) atoms. The number of rotatable bonds is 5. The van der Waals surface area contributed by atoms with Gasteiger partial charge in [-0.05, 0) is 55.6 Å². The minimum atomic E-state index is 0.129. The summed E-state index contributed by atoms with van der Waals surface area (Å²) in [5, 5.41) is 18.6. The van der Waals surface area contributed by atoms with E-state index in [1.54, 1.807) is 18.3 Å². The van der Waals surface area contributed by atoms with Gasteiger partial charge in [0.1, 0.15) is 11.4 Å². The second-order valence-corrected chi connectivity index (χ2v) is 7.22. The second kappa shape index (κ2) is 8.12. The highest BCUT2D eigenvalue weighted by molar-refractivity contribution is 9.11. The highest BCUT2D eigenvalue weighted by Gasteiger charge is 2.10. The number of hydrogen-bond acceptors (Lipinski definition) is 5. The molecule has 0 spiro atoms. The molecule has 3 rings (SSSR count). The van der Waals surface area contributed by atoms with Gasteiger partial charge in [-0.15, -0.1) is 5.10 Å². The smallest absolute Gasteiger partial charge is 0.335 e. The number of nitrogens with zero attached hydrogens (tertiary/aromatic N) is 3. The Balaban J connectivity index is 1.65. The first-order valence-electron chi connectivity index (χ1n) is 7.29. The summed E-state index contributed by atoms with van der Waals surface area (Å²) in [6.45, 7) is 0.404. The summed E-state index contributed by atoms with van der Waals surface area (Å²) < 4.78 is 6.63. The largest absolute Gasteiger partial charge is 0.506 e. The maximum absolute atomic E-state index is 9.76. The van der Waals surface area contributed by atoms with Gasteiger partial charge >= 0.3 is 6.01 Å². The summed E-state index contributed by atoms with van der Waals surface area (Å²) in [5.41, 5.74) is 2.34. The Morgan fingerprint density at radius 3 is 2.44 bits per heavy atom. The molecule has 0 fully saturated rings. The average Bonchev–Trinajstić information content (AvgIpc) is 2.61. The molecule has 0 aliphatic heterocycles. The lowest BCUT2D eigenvalue weighted by Crippen LogP contribution is -2.05. The van der Waals surface area contributed by atoms with Gasteiger partial charge in [-0.2, -0.15) is 0 Å². The fraction of sp³-hybridized carbons (Fsp3) is 0.118. The number of phenolic OH excluding ortho intramolecular Hbond substituents is 1. The summed E-state index contributed by atoms with van der Waals surface area (Å²) in [6, 6.07) is 11.3. The van der Waals surface area contributed by atoms with Crippen molar-refractivity contribution >= 4 is 43.5 Å². The van der Waals surface area contributed by atoms with Gasteiger partial charge in [-0.25, -0.2) is 4.98 Å². The van der Waals surface area contributed by atoms with E-state index in [1.165, 1.54) is 0 Å². The number of phenols is 1. The SMILES string of the molecule is Oc1c(Br)cc(-c2cnc(OCCc3ccccc3Cl)nn2)cc1Br. The lowest BCUT2D eigenvalue weighted by atomic mass is 10.1. The Morgan fingerprint density at radius 1 is 1.08 bits per heavy atom. The van der Waals surface area contributed by atoms with Crippen LogP contribution in [0.25, 0.3) is 11.3 Å². The van der Waals surface area contributed by atoms with Crippen LogP contribution in [-0.2, 0) is 6.42 Å². The fourth-order valence-corrected chi connectivity index (χ4v) is 3.55. The van der Waals surface area contributed by atoms with E-state index >= 15 is 0 Å². The predicted octanol–water partition coefficient (Wildman–Crippen LogP) is 5.04. The lowest BCUT2D eigenvalue weighted by molar-refractivity contribution is 0.292. The molecule has 1 heterocycles. The number of aromatic hydroxyl groups is 1. The Kier molecular flexibility index (Phi) is 5.88. The molecule has 3 aromatic rings. The van der Waals surface area contributed by atoms with E-state index < -0.39 is 0 Å². The van der Waals surface area contributed by atoms with Crippen LogP contribution in [0.3, 0.4) is 0 Å². The third-order valence-corrected chi connectivity index (χ3v) is 4.99. The highest BCUT2D eigenvalue weighted by atomic mass is 79.9. The van der Waals surface area contributed by atoms with Crippen molar-refractivity contribution in [2.75, 3.05) is 6.61 Å².